The first kappa shape index (κ1) is 38.1. The summed E-state index contributed by atoms with van der Waals surface area (Å²) in [6, 6.07) is -2.65. The van der Waals surface area contributed by atoms with Gasteiger partial charge in [0.2, 0.25) is 11.8 Å². The lowest BCUT2D eigenvalue weighted by Gasteiger charge is -2.26. The zero-order chi connectivity index (χ0) is 31.5. The van der Waals surface area contributed by atoms with Gasteiger partial charge in [0, 0.05) is 6.54 Å². The second-order valence-electron chi connectivity index (χ2n) is 12.0. The molecule has 0 bridgehead atoms. The number of rotatable bonds is 19. The molecule has 0 fully saturated rings. The second kappa shape index (κ2) is 20.0. The molecular formula is C28H54N6O7. The Morgan fingerprint density at radius 2 is 1.12 bits per heavy atom. The number of aldehydes is 1. The van der Waals surface area contributed by atoms with E-state index in [9.17, 15) is 24.0 Å². The molecule has 0 saturated heterocycles. The normalized spacial score (nSPS) is 13.8. The minimum absolute atomic E-state index is 0.240. The number of alkyl carbamates (subject to hydrolysis) is 2. The summed E-state index contributed by atoms with van der Waals surface area (Å²) in [6.45, 7) is 11.7. The molecule has 13 nitrogen and oxygen atoms in total. The van der Waals surface area contributed by atoms with Gasteiger partial charge in [-0.3, -0.25) is 9.59 Å². The lowest BCUT2D eigenvalue weighted by atomic mass is 10.0. The third kappa shape index (κ3) is 20.6. The maximum absolute atomic E-state index is 13.3. The molecule has 0 aromatic rings. The van der Waals surface area contributed by atoms with Gasteiger partial charge >= 0.3 is 12.2 Å². The van der Waals surface area contributed by atoms with Crippen molar-refractivity contribution >= 4 is 30.3 Å². The van der Waals surface area contributed by atoms with E-state index in [1.54, 1.807) is 41.5 Å². The highest BCUT2D eigenvalue weighted by molar-refractivity contribution is 5.92. The standard InChI is InChI=1S/C28H54N6O7/c1-27(2,3)40-25(38)31-18-12-9-15-21(23(36)32-20(19-35)13-7-10-16-29)33-24(37)22(14-8-11-17-30)34-26(39)41-28(4,5)6/h19-22H,7-18,29-30H2,1-6H3,(H,31,38)(H,32,36)(H,33,37)(H,34,39)/t20-,21?,22-/m0/s1. The van der Waals surface area contributed by atoms with Gasteiger partial charge in [-0.05, 0) is 112 Å². The van der Waals surface area contributed by atoms with Crippen LogP contribution in [0.25, 0.3) is 0 Å². The molecule has 0 aromatic heterocycles. The van der Waals surface area contributed by atoms with Crippen molar-refractivity contribution in [2.45, 2.75) is 129 Å². The predicted octanol–water partition coefficient (Wildman–Crippen LogP) is 2.00. The van der Waals surface area contributed by atoms with E-state index in [0.29, 0.717) is 77.3 Å². The smallest absolute Gasteiger partial charge is 0.408 e. The number of hydrogen-bond acceptors (Lipinski definition) is 9. The summed E-state index contributed by atoms with van der Waals surface area (Å²) < 4.78 is 10.5. The van der Waals surface area contributed by atoms with Crippen molar-refractivity contribution in [1.29, 1.82) is 0 Å². The Balaban J connectivity index is 5.45. The molecule has 0 radical (unpaired) electrons. The fourth-order valence-electron chi connectivity index (χ4n) is 3.70. The van der Waals surface area contributed by atoms with Crippen LogP contribution in [0.2, 0.25) is 0 Å². The Kier molecular flexibility index (Phi) is 18.6. The van der Waals surface area contributed by atoms with Gasteiger partial charge in [0.25, 0.3) is 0 Å². The molecule has 4 amide bonds. The van der Waals surface area contributed by atoms with Crippen molar-refractivity contribution in [3.8, 4) is 0 Å². The summed E-state index contributed by atoms with van der Waals surface area (Å²) >= 11 is 0. The molecule has 41 heavy (non-hydrogen) atoms. The van der Waals surface area contributed by atoms with E-state index in [1.165, 1.54) is 0 Å². The first-order chi connectivity index (χ1) is 19.1. The summed E-state index contributed by atoms with van der Waals surface area (Å²) in [7, 11) is 0. The van der Waals surface area contributed by atoms with Crippen LogP contribution in [0.5, 0.6) is 0 Å². The highest BCUT2D eigenvalue weighted by Crippen LogP contribution is 2.10. The fourth-order valence-corrected chi connectivity index (χ4v) is 3.70. The van der Waals surface area contributed by atoms with E-state index in [1.807, 2.05) is 0 Å². The maximum atomic E-state index is 13.3. The maximum Gasteiger partial charge on any atom is 0.408 e. The lowest BCUT2D eigenvalue weighted by Crippen LogP contribution is -2.55. The number of nitrogens with one attached hydrogen (secondary N) is 4. The largest absolute Gasteiger partial charge is 0.444 e. The van der Waals surface area contributed by atoms with Crippen molar-refractivity contribution in [1.82, 2.24) is 21.3 Å². The lowest BCUT2D eigenvalue weighted by molar-refractivity contribution is -0.131. The average Bonchev–Trinajstić information content (AvgIpc) is 2.84. The zero-order valence-corrected chi connectivity index (χ0v) is 25.8. The van der Waals surface area contributed by atoms with Gasteiger partial charge in [-0.15, -0.1) is 0 Å². The van der Waals surface area contributed by atoms with Gasteiger partial charge in [0.1, 0.15) is 29.6 Å². The van der Waals surface area contributed by atoms with E-state index in [4.69, 9.17) is 20.9 Å². The van der Waals surface area contributed by atoms with Crippen LogP contribution in [-0.2, 0) is 23.9 Å². The van der Waals surface area contributed by atoms with Gasteiger partial charge in [0.05, 0.1) is 6.04 Å². The summed E-state index contributed by atoms with van der Waals surface area (Å²) in [4.78, 5) is 62.3. The summed E-state index contributed by atoms with van der Waals surface area (Å²) in [6.07, 6.45) is 3.93. The first-order valence-corrected chi connectivity index (χ1v) is 14.5. The van der Waals surface area contributed by atoms with Crippen LogP contribution in [0.15, 0.2) is 0 Å². The Labute approximate surface area is 245 Å². The number of unbranched alkanes of at least 4 members (excludes halogenated alkanes) is 3. The van der Waals surface area contributed by atoms with E-state index >= 15 is 0 Å². The molecule has 0 heterocycles. The van der Waals surface area contributed by atoms with Gasteiger partial charge in [-0.25, -0.2) is 9.59 Å². The third-order valence-electron chi connectivity index (χ3n) is 5.64. The second-order valence-corrected chi connectivity index (χ2v) is 12.0. The van der Waals surface area contributed by atoms with E-state index in [2.05, 4.69) is 21.3 Å². The fraction of sp³-hybridized carbons (Fsp3) is 0.821. The molecule has 0 aliphatic heterocycles. The molecule has 1 unspecified atom stereocenters. The van der Waals surface area contributed by atoms with Crippen molar-refractivity contribution < 1.29 is 33.4 Å². The summed E-state index contributed by atoms with van der Waals surface area (Å²) in [5.74, 6) is -1.06. The highest BCUT2D eigenvalue weighted by atomic mass is 16.6. The predicted molar refractivity (Wildman–Crippen MR) is 157 cm³/mol. The molecule has 238 valence electrons. The van der Waals surface area contributed by atoms with Crippen molar-refractivity contribution in [2.24, 2.45) is 11.5 Å². The molecular weight excluding hydrogens is 532 g/mol. The number of carbonyl (C=O) groups is 5. The Morgan fingerprint density at radius 1 is 0.659 bits per heavy atom. The third-order valence-corrected chi connectivity index (χ3v) is 5.64. The van der Waals surface area contributed by atoms with E-state index in [-0.39, 0.29) is 6.42 Å². The molecule has 13 heteroatoms. The number of carbonyl (C=O) groups excluding carboxylic acids is 5. The molecule has 0 aliphatic carbocycles. The Morgan fingerprint density at radius 3 is 1.63 bits per heavy atom. The Hall–Kier alpha value is -2.93. The van der Waals surface area contributed by atoms with Crippen LogP contribution >= 0.6 is 0 Å². The number of ether oxygens (including phenoxy) is 2. The van der Waals surface area contributed by atoms with Crippen molar-refractivity contribution in [2.75, 3.05) is 19.6 Å². The van der Waals surface area contributed by atoms with Crippen LogP contribution in [-0.4, -0.2) is 79.2 Å². The van der Waals surface area contributed by atoms with Crippen LogP contribution in [0.1, 0.15) is 99.3 Å². The molecule has 0 spiro atoms. The van der Waals surface area contributed by atoms with Crippen LogP contribution in [0.3, 0.4) is 0 Å². The van der Waals surface area contributed by atoms with E-state index < -0.39 is 53.3 Å². The van der Waals surface area contributed by atoms with E-state index in [0.717, 1.165) is 0 Å². The quantitative estimate of drug-likeness (QED) is 0.0966. The first-order valence-electron chi connectivity index (χ1n) is 14.5. The molecule has 0 aliphatic rings. The summed E-state index contributed by atoms with van der Waals surface area (Å²) in [5.41, 5.74) is 9.74. The minimum Gasteiger partial charge on any atom is -0.444 e. The van der Waals surface area contributed by atoms with Crippen molar-refractivity contribution in [3.63, 3.8) is 0 Å². The number of amides is 4. The number of hydrogen-bond donors (Lipinski definition) is 6. The molecule has 0 aromatic carbocycles. The zero-order valence-electron chi connectivity index (χ0n) is 25.8. The topological polar surface area (TPSA) is 204 Å². The van der Waals surface area contributed by atoms with Crippen LogP contribution in [0, 0.1) is 0 Å². The van der Waals surface area contributed by atoms with Crippen LogP contribution < -0.4 is 32.7 Å². The monoisotopic (exact) mass is 586 g/mol. The average molecular weight is 587 g/mol. The van der Waals surface area contributed by atoms with Gasteiger partial charge < -0.3 is 47.0 Å². The SMILES string of the molecule is CC(C)(C)OC(=O)NCCCCC(NC(=O)[C@H](CCCCN)NC(=O)OC(C)(C)C)C(=O)N[C@H](C=O)CCCCN. The Bertz CT molecular complexity index is 811. The minimum atomic E-state index is -0.974. The van der Waals surface area contributed by atoms with Gasteiger partial charge in [-0.1, -0.05) is 0 Å². The van der Waals surface area contributed by atoms with Crippen molar-refractivity contribution in [3.05, 3.63) is 0 Å². The summed E-state index contributed by atoms with van der Waals surface area (Å²) in [5, 5.41) is 10.7. The van der Waals surface area contributed by atoms with Gasteiger partial charge in [0.15, 0.2) is 0 Å². The molecule has 3 atom stereocenters. The van der Waals surface area contributed by atoms with Gasteiger partial charge in [-0.2, -0.15) is 0 Å². The van der Waals surface area contributed by atoms with Crippen LogP contribution in [0.4, 0.5) is 9.59 Å². The number of nitrogens with two attached hydrogens (primary N) is 2. The highest BCUT2D eigenvalue weighted by Gasteiger charge is 2.29. The molecule has 0 saturated carbocycles. The molecule has 8 N–H and O–H groups in total. The molecule has 0 rings (SSSR count).